The first kappa shape index (κ1) is 15.9. The summed E-state index contributed by atoms with van der Waals surface area (Å²) in [5.41, 5.74) is 2.61. The summed E-state index contributed by atoms with van der Waals surface area (Å²) in [5, 5.41) is 4.19. The van der Waals surface area contributed by atoms with Gasteiger partial charge in [-0.05, 0) is 48.4 Å². The van der Waals surface area contributed by atoms with E-state index in [1.807, 2.05) is 24.3 Å². The molecule has 0 aromatic heterocycles. The fourth-order valence-electron chi connectivity index (χ4n) is 2.22. The zero-order chi connectivity index (χ0) is 15.1. The lowest BCUT2D eigenvalue weighted by Gasteiger charge is -2.19. The molecule has 1 atom stereocenters. The molecule has 1 N–H and O–H groups in total. The zero-order valence-corrected chi connectivity index (χ0v) is 13.4. The van der Waals surface area contributed by atoms with Crippen LogP contribution in [0.25, 0.3) is 0 Å². The first-order valence-corrected chi connectivity index (χ1v) is 7.81. The maximum absolute atomic E-state index is 5.88. The molecule has 2 rings (SSSR count). The van der Waals surface area contributed by atoms with Crippen LogP contribution in [0.1, 0.15) is 31.0 Å². The highest BCUT2D eigenvalue weighted by Crippen LogP contribution is 2.19. The molecule has 2 nitrogen and oxygen atoms in total. The quantitative estimate of drug-likeness (QED) is 0.805. The fraction of sp³-hybridized carbons (Fsp3) is 0.333. The zero-order valence-electron chi connectivity index (χ0n) is 12.6. The molecular weight excluding hydrogens is 282 g/mol. The number of hydrogen-bond acceptors (Lipinski definition) is 2. The van der Waals surface area contributed by atoms with E-state index in [9.17, 15) is 0 Å². The van der Waals surface area contributed by atoms with E-state index in [2.05, 4.69) is 43.4 Å². The van der Waals surface area contributed by atoms with Crippen molar-refractivity contribution in [3.8, 4) is 5.75 Å². The smallest absolute Gasteiger partial charge is 0.119 e. The molecule has 0 spiro atoms. The lowest BCUT2D eigenvalue weighted by molar-refractivity contribution is 0.268. The molecule has 0 bridgehead atoms. The molecule has 2 aromatic rings. The van der Waals surface area contributed by atoms with Crippen LogP contribution < -0.4 is 10.1 Å². The third-order valence-corrected chi connectivity index (χ3v) is 3.72. The molecule has 0 aliphatic carbocycles. The minimum Gasteiger partial charge on any atom is -0.492 e. The number of likely N-dealkylation sites (N-methyl/N-ethyl adjacent to an activating group) is 1. The van der Waals surface area contributed by atoms with Crippen LogP contribution in [0.2, 0.25) is 5.02 Å². The molecule has 0 aliphatic heterocycles. The van der Waals surface area contributed by atoms with E-state index in [0.29, 0.717) is 6.61 Å². The topological polar surface area (TPSA) is 21.3 Å². The number of nitrogens with one attached hydrogen (secondary N) is 1. The second kappa shape index (κ2) is 8.06. The summed E-state index contributed by atoms with van der Waals surface area (Å²) in [6.07, 6.45) is 1.06. The van der Waals surface area contributed by atoms with Crippen molar-refractivity contribution in [3.63, 3.8) is 0 Å². The van der Waals surface area contributed by atoms with Gasteiger partial charge in [0.05, 0.1) is 6.04 Å². The number of halogens is 1. The highest BCUT2D eigenvalue weighted by Gasteiger charge is 2.11. The number of benzene rings is 2. The summed E-state index contributed by atoms with van der Waals surface area (Å²) in [6.45, 7) is 5.78. The van der Waals surface area contributed by atoms with Crippen LogP contribution in [0.5, 0.6) is 5.75 Å². The van der Waals surface area contributed by atoms with E-state index in [-0.39, 0.29) is 6.04 Å². The molecule has 0 radical (unpaired) electrons. The van der Waals surface area contributed by atoms with E-state index < -0.39 is 0 Å². The van der Waals surface area contributed by atoms with Crippen molar-refractivity contribution < 1.29 is 4.74 Å². The number of ether oxygens (including phenoxy) is 1. The lowest BCUT2D eigenvalue weighted by Crippen LogP contribution is -2.26. The first-order chi connectivity index (χ1) is 10.2. The van der Waals surface area contributed by atoms with Crippen LogP contribution in [0.4, 0.5) is 0 Å². The predicted octanol–water partition coefficient (Wildman–Crippen LogP) is 4.63. The van der Waals surface area contributed by atoms with Gasteiger partial charge in [0, 0.05) is 5.02 Å². The van der Waals surface area contributed by atoms with Gasteiger partial charge in [0.25, 0.3) is 0 Å². The molecule has 112 valence electrons. The molecule has 3 heteroatoms. The summed E-state index contributed by atoms with van der Waals surface area (Å²) < 4.78 is 5.87. The minimum absolute atomic E-state index is 0.191. The molecule has 0 heterocycles. The van der Waals surface area contributed by atoms with Gasteiger partial charge in [-0.25, -0.2) is 0 Å². The molecule has 0 fully saturated rings. The second-order valence-corrected chi connectivity index (χ2v) is 5.41. The summed E-state index contributed by atoms with van der Waals surface area (Å²) in [6, 6.07) is 16.4. The largest absolute Gasteiger partial charge is 0.492 e. The van der Waals surface area contributed by atoms with Crippen LogP contribution in [0, 0.1) is 0 Å². The first-order valence-electron chi connectivity index (χ1n) is 7.43. The van der Waals surface area contributed by atoms with Crippen molar-refractivity contribution in [3.05, 3.63) is 64.7 Å². The van der Waals surface area contributed by atoms with Gasteiger partial charge < -0.3 is 10.1 Å². The highest BCUT2D eigenvalue weighted by atomic mass is 35.5. The monoisotopic (exact) mass is 303 g/mol. The van der Waals surface area contributed by atoms with Crippen molar-refractivity contribution in [1.29, 1.82) is 0 Å². The third-order valence-electron chi connectivity index (χ3n) is 3.47. The SMILES string of the molecule is CCNC(COc1ccc(Cl)cc1)c1ccc(CC)cc1. The predicted molar refractivity (Wildman–Crippen MR) is 89.2 cm³/mol. The van der Waals surface area contributed by atoms with E-state index in [1.165, 1.54) is 11.1 Å². The average molecular weight is 304 g/mol. The fourth-order valence-corrected chi connectivity index (χ4v) is 2.34. The maximum atomic E-state index is 5.88. The van der Waals surface area contributed by atoms with E-state index in [1.54, 1.807) is 0 Å². The Hall–Kier alpha value is -1.51. The molecular formula is C18H22ClNO. The molecule has 0 saturated carbocycles. The third kappa shape index (κ3) is 4.76. The molecule has 21 heavy (non-hydrogen) atoms. The van der Waals surface area contributed by atoms with Crippen LogP contribution in [-0.4, -0.2) is 13.2 Å². The highest BCUT2D eigenvalue weighted by molar-refractivity contribution is 6.30. The van der Waals surface area contributed by atoms with Gasteiger partial charge in [0.1, 0.15) is 12.4 Å². The van der Waals surface area contributed by atoms with Crippen LogP contribution in [0.15, 0.2) is 48.5 Å². The standard InChI is InChI=1S/C18H22ClNO/c1-3-14-5-7-15(8-6-14)18(20-4-2)13-21-17-11-9-16(19)10-12-17/h5-12,18,20H,3-4,13H2,1-2H3. The lowest BCUT2D eigenvalue weighted by atomic mass is 10.0. The molecule has 0 aliphatic rings. The van der Waals surface area contributed by atoms with E-state index in [0.717, 1.165) is 23.7 Å². The van der Waals surface area contributed by atoms with Crippen molar-refractivity contribution in [2.45, 2.75) is 26.3 Å². The Bertz CT molecular complexity index is 536. The van der Waals surface area contributed by atoms with Gasteiger partial charge in [-0.2, -0.15) is 0 Å². The van der Waals surface area contributed by atoms with Crippen molar-refractivity contribution in [2.75, 3.05) is 13.2 Å². The van der Waals surface area contributed by atoms with Gasteiger partial charge >= 0.3 is 0 Å². The Morgan fingerprint density at radius 3 is 2.24 bits per heavy atom. The normalized spacial score (nSPS) is 12.1. The van der Waals surface area contributed by atoms with E-state index in [4.69, 9.17) is 16.3 Å². The summed E-state index contributed by atoms with van der Waals surface area (Å²) in [7, 11) is 0. The maximum Gasteiger partial charge on any atom is 0.119 e. The van der Waals surface area contributed by atoms with E-state index >= 15 is 0 Å². The number of hydrogen-bond donors (Lipinski definition) is 1. The second-order valence-electron chi connectivity index (χ2n) is 4.97. The van der Waals surface area contributed by atoms with Crippen molar-refractivity contribution >= 4 is 11.6 Å². The van der Waals surface area contributed by atoms with Crippen LogP contribution in [0.3, 0.4) is 0 Å². The van der Waals surface area contributed by atoms with Gasteiger partial charge in [0.15, 0.2) is 0 Å². The van der Waals surface area contributed by atoms with Gasteiger partial charge in [-0.3, -0.25) is 0 Å². The Balaban J connectivity index is 2.02. The van der Waals surface area contributed by atoms with Gasteiger partial charge in [-0.15, -0.1) is 0 Å². The number of rotatable bonds is 7. The summed E-state index contributed by atoms with van der Waals surface area (Å²) in [5.74, 6) is 0.840. The van der Waals surface area contributed by atoms with Crippen molar-refractivity contribution in [1.82, 2.24) is 5.32 Å². The Kier molecular flexibility index (Phi) is 6.09. The molecule has 2 aromatic carbocycles. The molecule has 1 unspecified atom stereocenters. The Labute approximate surface area is 132 Å². The molecule has 0 amide bonds. The Morgan fingerprint density at radius 2 is 1.67 bits per heavy atom. The minimum atomic E-state index is 0.191. The van der Waals surface area contributed by atoms with Gasteiger partial charge in [-0.1, -0.05) is 49.7 Å². The van der Waals surface area contributed by atoms with Crippen molar-refractivity contribution in [2.24, 2.45) is 0 Å². The average Bonchev–Trinajstić information content (AvgIpc) is 2.53. The number of aryl methyl sites for hydroxylation is 1. The van der Waals surface area contributed by atoms with Gasteiger partial charge in [0.2, 0.25) is 0 Å². The summed E-state index contributed by atoms with van der Waals surface area (Å²) >= 11 is 5.88. The summed E-state index contributed by atoms with van der Waals surface area (Å²) in [4.78, 5) is 0. The van der Waals surface area contributed by atoms with Crippen LogP contribution in [-0.2, 0) is 6.42 Å². The van der Waals surface area contributed by atoms with Crippen LogP contribution >= 0.6 is 11.6 Å². The molecule has 0 saturated heterocycles. The Morgan fingerprint density at radius 1 is 1.00 bits per heavy atom.